The molecule has 1 saturated heterocycles. The lowest BCUT2D eigenvalue weighted by Crippen LogP contribution is -2.48. The summed E-state index contributed by atoms with van der Waals surface area (Å²) in [5, 5.41) is 9.32. The number of hydrogen-bond donors (Lipinski definition) is 1. The molecule has 2 aromatic rings. The number of carboxylic acid groups (broad SMARTS) is 1. The molecule has 7 heteroatoms. The van der Waals surface area contributed by atoms with Crippen LogP contribution in [0.4, 0.5) is 11.5 Å². The van der Waals surface area contributed by atoms with Gasteiger partial charge in [-0.1, -0.05) is 18.2 Å². The Morgan fingerprint density at radius 1 is 1.16 bits per heavy atom. The van der Waals surface area contributed by atoms with E-state index in [2.05, 4.69) is 9.97 Å². The molecule has 0 radical (unpaired) electrons. The van der Waals surface area contributed by atoms with Crippen LogP contribution in [-0.2, 0) is 10.2 Å². The number of benzene rings is 1. The third kappa shape index (κ3) is 2.19. The Bertz CT molecular complexity index is 859. The third-order valence-corrected chi connectivity index (χ3v) is 5.29. The van der Waals surface area contributed by atoms with Gasteiger partial charge in [-0.3, -0.25) is 4.79 Å². The quantitative estimate of drug-likeness (QED) is 0.897. The first-order valence-electron chi connectivity index (χ1n) is 8.21. The molecule has 1 aromatic heterocycles. The number of para-hydroxylation sites is 1. The lowest BCUT2D eigenvalue weighted by molar-refractivity contribution is -0.123. The largest absolute Gasteiger partial charge is 0.476 e. The second kappa shape index (κ2) is 5.54. The average molecular weight is 338 g/mol. The van der Waals surface area contributed by atoms with Crippen LogP contribution in [0.3, 0.4) is 0 Å². The number of carboxylic acids is 1. The van der Waals surface area contributed by atoms with Crippen LogP contribution in [0.1, 0.15) is 28.9 Å². The second-order valence-electron chi connectivity index (χ2n) is 6.48. The molecule has 0 unspecified atom stereocenters. The maximum Gasteiger partial charge on any atom is 0.358 e. The van der Waals surface area contributed by atoms with E-state index in [-0.39, 0.29) is 11.6 Å². The van der Waals surface area contributed by atoms with Gasteiger partial charge in [-0.15, -0.1) is 0 Å². The van der Waals surface area contributed by atoms with Gasteiger partial charge in [0, 0.05) is 38.2 Å². The van der Waals surface area contributed by atoms with Crippen molar-refractivity contribution in [1.82, 2.24) is 9.97 Å². The lowest BCUT2D eigenvalue weighted by atomic mass is 9.73. The smallest absolute Gasteiger partial charge is 0.358 e. The number of aromatic nitrogens is 2. The van der Waals surface area contributed by atoms with Crippen LogP contribution in [-0.4, -0.2) is 47.1 Å². The summed E-state index contributed by atoms with van der Waals surface area (Å²) in [6.07, 6.45) is 4.13. The summed E-state index contributed by atoms with van der Waals surface area (Å²) in [5.41, 5.74) is 1.47. The van der Waals surface area contributed by atoms with Crippen LogP contribution in [0.25, 0.3) is 0 Å². The van der Waals surface area contributed by atoms with Gasteiger partial charge >= 0.3 is 5.97 Å². The fraction of sp³-hybridized carbons (Fsp3) is 0.333. The van der Waals surface area contributed by atoms with Crippen LogP contribution in [0.2, 0.25) is 0 Å². The summed E-state index contributed by atoms with van der Waals surface area (Å²) in [7, 11) is 1.81. The minimum Gasteiger partial charge on any atom is -0.476 e. The van der Waals surface area contributed by atoms with E-state index in [1.807, 2.05) is 36.2 Å². The van der Waals surface area contributed by atoms with Crippen LogP contribution in [0, 0.1) is 0 Å². The van der Waals surface area contributed by atoms with Crippen molar-refractivity contribution in [1.29, 1.82) is 0 Å². The fourth-order valence-corrected chi connectivity index (χ4v) is 4.01. The van der Waals surface area contributed by atoms with E-state index < -0.39 is 11.4 Å². The van der Waals surface area contributed by atoms with Crippen molar-refractivity contribution in [2.75, 3.05) is 29.9 Å². The van der Waals surface area contributed by atoms with Gasteiger partial charge in [0.1, 0.15) is 0 Å². The average Bonchev–Trinajstić information content (AvgIpc) is 2.85. The molecule has 7 nitrogen and oxygen atoms in total. The maximum absolute atomic E-state index is 12.9. The number of fused-ring (bicyclic) bond motifs is 2. The van der Waals surface area contributed by atoms with Crippen molar-refractivity contribution in [2.24, 2.45) is 0 Å². The van der Waals surface area contributed by atoms with E-state index in [0.29, 0.717) is 31.7 Å². The Balaban J connectivity index is 1.65. The van der Waals surface area contributed by atoms with Gasteiger partial charge in [-0.05, 0) is 24.5 Å². The Morgan fingerprint density at radius 2 is 1.84 bits per heavy atom. The third-order valence-electron chi connectivity index (χ3n) is 5.29. The van der Waals surface area contributed by atoms with Crippen molar-refractivity contribution in [3.8, 4) is 0 Å². The number of carbonyl (C=O) groups is 2. The Hall–Kier alpha value is -2.96. The van der Waals surface area contributed by atoms with E-state index in [0.717, 1.165) is 11.3 Å². The monoisotopic (exact) mass is 338 g/mol. The summed E-state index contributed by atoms with van der Waals surface area (Å²) in [6, 6.07) is 7.90. The van der Waals surface area contributed by atoms with Gasteiger partial charge in [0.2, 0.25) is 5.91 Å². The van der Waals surface area contributed by atoms with Crippen molar-refractivity contribution in [2.45, 2.75) is 18.3 Å². The predicted octanol–water partition coefficient (Wildman–Crippen LogP) is 1.69. The molecule has 1 N–H and O–H groups in total. The van der Waals surface area contributed by atoms with Crippen molar-refractivity contribution < 1.29 is 14.7 Å². The summed E-state index contributed by atoms with van der Waals surface area (Å²) in [6.45, 7) is 1.12. The van der Waals surface area contributed by atoms with E-state index in [4.69, 9.17) is 0 Å². The highest BCUT2D eigenvalue weighted by Gasteiger charge is 2.51. The van der Waals surface area contributed by atoms with E-state index >= 15 is 0 Å². The second-order valence-corrected chi connectivity index (χ2v) is 6.48. The van der Waals surface area contributed by atoms with Gasteiger partial charge in [0.05, 0.1) is 5.41 Å². The molecule has 2 aliphatic rings. The molecule has 4 rings (SSSR count). The van der Waals surface area contributed by atoms with Crippen LogP contribution < -0.4 is 9.80 Å². The zero-order valence-electron chi connectivity index (χ0n) is 13.8. The Morgan fingerprint density at radius 3 is 2.56 bits per heavy atom. The zero-order chi connectivity index (χ0) is 17.6. The first-order valence-corrected chi connectivity index (χ1v) is 8.21. The van der Waals surface area contributed by atoms with Gasteiger partial charge in [0.15, 0.2) is 11.5 Å². The highest BCUT2D eigenvalue weighted by atomic mass is 16.4. The Labute approximate surface area is 144 Å². The van der Waals surface area contributed by atoms with Gasteiger partial charge in [-0.25, -0.2) is 14.8 Å². The first kappa shape index (κ1) is 15.6. The molecule has 25 heavy (non-hydrogen) atoms. The van der Waals surface area contributed by atoms with Gasteiger partial charge < -0.3 is 14.9 Å². The van der Waals surface area contributed by atoms with Crippen LogP contribution >= 0.6 is 0 Å². The fourth-order valence-electron chi connectivity index (χ4n) is 4.01. The van der Waals surface area contributed by atoms with E-state index in [9.17, 15) is 14.7 Å². The number of hydrogen-bond acceptors (Lipinski definition) is 5. The molecular weight excluding hydrogens is 320 g/mol. The van der Waals surface area contributed by atoms with Gasteiger partial charge in [-0.2, -0.15) is 0 Å². The number of piperidine rings is 1. The molecule has 0 atom stereocenters. The molecule has 1 amide bonds. The molecule has 1 aromatic carbocycles. The van der Waals surface area contributed by atoms with E-state index in [1.165, 1.54) is 12.4 Å². The maximum atomic E-state index is 12.9. The lowest BCUT2D eigenvalue weighted by Gasteiger charge is -2.39. The van der Waals surface area contributed by atoms with Crippen molar-refractivity contribution in [3.63, 3.8) is 0 Å². The summed E-state index contributed by atoms with van der Waals surface area (Å²) >= 11 is 0. The molecule has 128 valence electrons. The number of nitrogens with zero attached hydrogens (tertiary/aromatic N) is 4. The van der Waals surface area contributed by atoms with E-state index in [1.54, 1.807) is 4.90 Å². The number of carbonyl (C=O) groups excluding carboxylic acids is 1. The number of amides is 1. The molecule has 0 bridgehead atoms. The predicted molar refractivity (Wildman–Crippen MR) is 92.0 cm³/mol. The molecule has 1 spiro atoms. The molecular formula is C18H18N4O3. The molecule has 2 aliphatic heterocycles. The van der Waals surface area contributed by atoms with Crippen molar-refractivity contribution in [3.05, 3.63) is 47.9 Å². The topological polar surface area (TPSA) is 86.6 Å². The summed E-state index contributed by atoms with van der Waals surface area (Å²) in [5.74, 6) is -0.603. The zero-order valence-corrected chi connectivity index (χ0v) is 13.8. The number of rotatable bonds is 2. The van der Waals surface area contributed by atoms with Crippen LogP contribution in [0.5, 0.6) is 0 Å². The Kier molecular flexibility index (Phi) is 3.45. The minimum atomic E-state index is -1.09. The minimum absolute atomic E-state index is 0.0475. The number of anilines is 2. The SMILES string of the molecule is CN1C(=O)C2(CCN(c3nccnc3C(=O)O)CC2)c2ccccc21. The normalized spacial score (nSPS) is 18.5. The standard InChI is InChI=1S/C18H18N4O3/c1-21-13-5-3-2-4-12(13)18(17(21)25)6-10-22(11-7-18)15-14(16(23)24)19-8-9-20-15/h2-5,8-9H,6-7,10-11H2,1H3,(H,23,24). The summed E-state index contributed by atoms with van der Waals surface area (Å²) in [4.78, 5) is 36.1. The first-order chi connectivity index (χ1) is 12.0. The number of likely N-dealkylation sites (N-methyl/N-ethyl adjacent to an activating group) is 1. The molecule has 1 fully saturated rings. The summed E-state index contributed by atoms with van der Waals surface area (Å²) < 4.78 is 0. The van der Waals surface area contributed by atoms with Crippen molar-refractivity contribution >= 4 is 23.4 Å². The molecule has 0 aliphatic carbocycles. The highest BCUT2D eigenvalue weighted by Crippen LogP contribution is 2.47. The number of aromatic carboxylic acids is 1. The molecule has 0 saturated carbocycles. The molecule has 3 heterocycles. The van der Waals surface area contributed by atoms with Gasteiger partial charge in [0.25, 0.3) is 0 Å². The van der Waals surface area contributed by atoms with Crippen LogP contribution in [0.15, 0.2) is 36.7 Å². The highest BCUT2D eigenvalue weighted by molar-refractivity contribution is 6.08.